The lowest BCUT2D eigenvalue weighted by Crippen LogP contribution is -2.49. The van der Waals surface area contributed by atoms with Crippen molar-refractivity contribution in [2.75, 3.05) is 32.7 Å². The van der Waals surface area contributed by atoms with Gasteiger partial charge in [0.05, 0.1) is 11.1 Å². The number of hydrogen-bond acceptors (Lipinski definition) is 3. The number of rotatable bonds is 5. The van der Waals surface area contributed by atoms with Crippen molar-refractivity contribution in [2.24, 2.45) is 0 Å². The Morgan fingerprint density at radius 3 is 2.29 bits per heavy atom. The van der Waals surface area contributed by atoms with Crippen LogP contribution in [0.25, 0.3) is 0 Å². The van der Waals surface area contributed by atoms with Crippen molar-refractivity contribution in [3.05, 3.63) is 35.4 Å². The predicted molar refractivity (Wildman–Crippen MR) is 80.7 cm³/mol. The molecular formula is C16H22N2O3. The van der Waals surface area contributed by atoms with Crippen LogP contribution in [0, 0.1) is 0 Å². The molecule has 0 atom stereocenters. The van der Waals surface area contributed by atoms with Crippen LogP contribution in [0.3, 0.4) is 0 Å². The summed E-state index contributed by atoms with van der Waals surface area (Å²) in [6.45, 7) is 6.29. The molecule has 1 aromatic carbocycles. The van der Waals surface area contributed by atoms with Crippen LogP contribution in [0.4, 0.5) is 0 Å². The molecule has 0 bridgehead atoms. The van der Waals surface area contributed by atoms with Crippen molar-refractivity contribution in [2.45, 2.75) is 19.8 Å². The van der Waals surface area contributed by atoms with Crippen molar-refractivity contribution in [3.63, 3.8) is 0 Å². The van der Waals surface area contributed by atoms with Crippen molar-refractivity contribution in [3.8, 4) is 0 Å². The number of nitrogens with zero attached hydrogens (tertiary/aromatic N) is 2. The number of unbranched alkanes of at least 4 members (excludes halogenated alkanes) is 1. The summed E-state index contributed by atoms with van der Waals surface area (Å²) in [4.78, 5) is 27.8. The summed E-state index contributed by atoms with van der Waals surface area (Å²) in [5.41, 5.74) is 0.364. The summed E-state index contributed by atoms with van der Waals surface area (Å²) in [5.74, 6) is -1.23. The maximum atomic E-state index is 12.5. The number of amides is 1. The van der Waals surface area contributed by atoms with Gasteiger partial charge in [-0.1, -0.05) is 25.5 Å². The molecule has 5 heteroatoms. The van der Waals surface area contributed by atoms with Gasteiger partial charge in [0.2, 0.25) is 0 Å². The zero-order valence-corrected chi connectivity index (χ0v) is 12.4. The number of piperazine rings is 1. The summed E-state index contributed by atoms with van der Waals surface area (Å²) in [6.07, 6.45) is 2.35. The van der Waals surface area contributed by atoms with Crippen LogP contribution in [0.15, 0.2) is 24.3 Å². The molecular weight excluding hydrogens is 268 g/mol. The van der Waals surface area contributed by atoms with Crippen molar-refractivity contribution < 1.29 is 14.7 Å². The molecule has 114 valence electrons. The van der Waals surface area contributed by atoms with Gasteiger partial charge in [-0.3, -0.25) is 9.69 Å². The van der Waals surface area contributed by atoms with Crippen LogP contribution in [0.5, 0.6) is 0 Å². The number of aromatic carboxylic acids is 1. The van der Waals surface area contributed by atoms with Crippen molar-refractivity contribution >= 4 is 11.9 Å². The summed E-state index contributed by atoms with van der Waals surface area (Å²) in [5, 5.41) is 9.17. The van der Waals surface area contributed by atoms with Gasteiger partial charge in [0.1, 0.15) is 0 Å². The van der Waals surface area contributed by atoms with E-state index < -0.39 is 5.97 Å². The van der Waals surface area contributed by atoms with Crippen molar-refractivity contribution in [1.29, 1.82) is 0 Å². The highest BCUT2D eigenvalue weighted by molar-refractivity contribution is 6.04. The largest absolute Gasteiger partial charge is 0.478 e. The lowest BCUT2D eigenvalue weighted by Gasteiger charge is -2.34. The Hall–Kier alpha value is -1.88. The summed E-state index contributed by atoms with van der Waals surface area (Å²) < 4.78 is 0. The van der Waals surface area contributed by atoms with E-state index in [0.717, 1.165) is 19.6 Å². The molecule has 0 aromatic heterocycles. The number of carbonyl (C=O) groups is 2. The monoisotopic (exact) mass is 290 g/mol. The molecule has 1 amide bonds. The standard InChI is InChI=1S/C16H22N2O3/c1-2-3-8-17-9-11-18(12-10-17)15(19)13-6-4-5-7-14(13)16(20)21/h4-7H,2-3,8-12H2,1H3,(H,20,21). The van der Waals surface area contributed by atoms with E-state index in [2.05, 4.69) is 11.8 Å². The third kappa shape index (κ3) is 3.82. The fraction of sp³-hybridized carbons (Fsp3) is 0.500. The van der Waals surface area contributed by atoms with E-state index in [1.165, 1.54) is 18.9 Å². The second kappa shape index (κ2) is 7.22. The summed E-state index contributed by atoms with van der Waals surface area (Å²) in [6, 6.07) is 6.42. The van der Waals surface area contributed by atoms with Crippen LogP contribution in [-0.4, -0.2) is 59.5 Å². The molecule has 0 aliphatic carbocycles. The molecule has 1 saturated heterocycles. The topological polar surface area (TPSA) is 60.9 Å². The lowest BCUT2D eigenvalue weighted by molar-refractivity contribution is 0.0615. The van der Waals surface area contributed by atoms with Gasteiger partial charge in [0.15, 0.2) is 0 Å². The second-order valence-corrected chi connectivity index (χ2v) is 5.34. The SMILES string of the molecule is CCCCN1CCN(C(=O)c2ccccc2C(=O)O)CC1. The van der Waals surface area contributed by atoms with Gasteiger partial charge in [0.25, 0.3) is 5.91 Å². The molecule has 5 nitrogen and oxygen atoms in total. The van der Waals surface area contributed by atoms with Gasteiger partial charge in [-0.05, 0) is 25.1 Å². The first-order valence-electron chi connectivity index (χ1n) is 7.47. The highest BCUT2D eigenvalue weighted by Crippen LogP contribution is 2.14. The van der Waals surface area contributed by atoms with E-state index in [1.807, 2.05) is 0 Å². The Labute approximate surface area is 125 Å². The maximum Gasteiger partial charge on any atom is 0.336 e. The third-order valence-electron chi connectivity index (χ3n) is 3.88. The number of benzene rings is 1. The first kappa shape index (κ1) is 15.5. The quantitative estimate of drug-likeness (QED) is 0.900. The highest BCUT2D eigenvalue weighted by atomic mass is 16.4. The maximum absolute atomic E-state index is 12.5. The van der Waals surface area contributed by atoms with Crippen LogP contribution >= 0.6 is 0 Å². The molecule has 1 fully saturated rings. The first-order chi connectivity index (χ1) is 10.1. The summed E-state index contributed by atoms with van der Waals surface area (Å²) in [7, 11) is 0. The van der Waals surface area contributed by atoms with E-state index in [-0.39, 0.29) is 17.0 Å². The van der Waals surface area contributed by atoms with Crippen LogP contribution in [0.1, 0.15) is 40.5 Å². The molecule has 1 aliphatic rings. The zero-order valence-electron chi connectivity index (χ0n) is 12.4. The van der Waals surface area contributed by atoms with Gasteiger partial charge in [-0.25, -0.2) is 4.79 Å². The van der Waals surface area contributed by atoms with E-state index in [4.69, 9.17) is 0 Å². The first-order valence-corrected chi connectivity index (χ1v) is 7.47. The van der Waals surface area contributed by atoms with Crippen LogP contribution in [-0.2, 0) is 0 Å². The zero-order chi connectivity index (χ0) is 15.2. The minimum atomic E-state index is -1.06. The minimum Gasteiger partial charge on any atom is -0.478 e. The van der Waals surface area contributed by atoms with E-state index >= 15 is 0 Å². The Balaban J connectivity index is 2.01. The Morgan fingerprint density at radius 1 is 1.10 bits per heavy atom. The van der Waals surface area contributed by atoms with Crippen molar-refractivity contribution in [1.82, 2.24) is 9.80 Å². The smallest absolute Gasteiger partial charge is 0.336 e. The molecule has 1 aliphatic heterocycles. The third-order valence-corrected chi connectivity index (χ3v) is 3.88. The van der Waals surface area contributed by atoms with Crippen LogP contribution in [0.2, 0.25) is 0 Å². The molecule has 1 aromatic rings. The number of carboxylic acids is 1. The summed E-state index contributed by atoms with van der Waals surface area (Å²) >= 11 is 0. The Morgan fingerprint density at radius 2 is 1.71 bits per heavy atom. The molecule has 2 rings (SSSR count). The number of carboxylic acid groups (broad SMARTS) is 1. The van der Waals surface area contributed by atoms with Gasteiger partial charge in [0, 0.05) is 26.2 Å². The second-order valence-electron chi connectivity index (χ2n) is 5.34. The van der Waals surface area contributed by atoms with E-state index in [0.29, 0.717) is 13.1 Å². The average molecular weight is 290 g/mol. The van der Waals surface area contributed by atoms with Crippen LogP contribution < -0.4 is 0 Å². The fourth-order valence-electron chi connectivity index (χ4n) is 2.58. The number of carbonyl (C=O) groups excluding carboxylic acids is 1. The lowest BCUT2D eigenvalue weighted by atomic mass is 10.1. The van der Waals surface area contributed by atoms with E-state index in [1.54, 1.807) is 23.1 Å². The van der Waals surface area contributed by atoms with Gasteiger partial charge in [-0.2, -0.15) is 0 Å². The van der Waals surface area contributed by atoms with Gasteiger partial charge in [-0.15, -0.1) is 0 Å². The normalized spacial score (nSPS) is 16.0. The van der Waals surface area contributed by atoms with Gasteiger partial charge < -0.3 is 10.0 Å². The molecule has 0 spiro atoms. The Kier molecular flexibility index (Phi) is 5.33. The minimum absolute atomic E-state index is 0.0795. The Bertz CT molecular complexity index is 508. The van der Waals surface area contributed by atoms with Gasteiger partial charge >= 0.3 is 5.97 Å². The molecule has 21 heavy (non-hydrogen) atoms. The molecule has 0 unspecified atom stereocenters. The predicted octanol–water partition coefficient (Wildman–Crippen LogP) is 1.94. The van der Waals surface area contributed by atoms with E-state index in [9.17, 15) is 14.7 Å². The molecule has 0 radical (unpaired) electrons. The molecule has 1 heterocycles. The fourth-order valence-corrected chi connectivity index (χ4v) is 2.58. The molecule has 0 saturated carbocycles. The number of hydrogen-bond donors (Lipinski definition) is 1. The highest BCUT2D eigenvalue weighted by Gasteiger charge is 2.24. The average Bonchev–Trinajstić information content (AvgIpc) is 2.52. The molecule has 1 N–H and O–H groups in total.